The van der Waals surface area contributed by atoms with Crippen LogP contribution in [0.4, 0.5) is 11.7 Å². The van der Waals surface area contributed by atoms with Gasteiger partial charge in [-0.2, -0.15) is 0 Å². The second kappa shape index (κ2) is 6.15. The van der Waals surface area contributed by atoms with Crippen LogP contribution in [0.1, 0.15) is 10.4 Å². The topological polar surface area (TPSA) is 111 Å². The van der Waals surface area contributed by atoms with Crippen LogP contribution in [0.3, 0.4) is 0 Å². The van der Waals surface area contributed by atoms with Gasteiger partial charge >= 0.3 is 6.01 Å². The second-order valence-electron chi connectivity index (χ2n) is 4.27. The van der Waals surface area contributed by atoms with Crippen molar-refractivity contribution in [3.63, 3.8) is 0 Å². The van der Waals surface area contributed by atoms with E-state index in [1.165, 1.54) is 35.6 Å². The average Bonchev–Trinajstić information content (AvgIpc) is 3.16. The lowest BCUT2D eigenvalue weighted by Crippen LogP contribution is -2.12. The zero-order valence-corrected chi connectivity index (χ0v) is 12.8. The van der Waals surface area contributed by atoms with Gasteiger partial charge in [0, 0.05) is 17.7 Å². The van der Waals surface area contributed by atoms with Crippen molar-refractivity contribution < 1.29 is 14.1 Å². The number of nitro benzene ring substituents is 1. The van der Waals surface area contributed by atoms with Gasteiger partial charge in [-0.15, -0.1) is 16.4 Å². The molecule has 0 fully saturated rings. The van der Waals surface area contributed by atoms with Crippen LogP contribution in [-0.2, 0) is 0 Å². The van der Waals surface area contributed by atoms with Gasteiger partial charge in [0.2, 0.25) is 0 Å². The van der Waals surface area contributed by atoms with Gasteiger partial charge in [0.05, 0.1) is 14.1 Å². The van der Waals surface area contributed by atoms with Gasteiger partial charge in [-0.25, -0.2) is 0 Å². The fourth-order valence-corrected chi connectivity index (χ4v) is 2.67. The number of hydrogen-bond acceptors (Lipinski definition) is 7. The normalized spacial score (nSPS) is 10.5. The Morgan fingerprint density at radius 3 is 2.57 bits per heavy atom. The smallest absolute Gasteiger partial charge is 0.322 e. The van der Waals surface area contributed by atoms with Crippen molar-refractivity contribution in [2.75, 3.05) is 5.32 Å². The zero-order chi connectivity index (χ0) is 16.4. The number of thiophene rings is 1. The standard InChI is InChI=1S/C13H7ClN4O4S/c14-10-6-5-9(23-10)12-16-17-13(22-12)15-11(19)7-1-3-8(4-2-7)18(20)21/h1-6H,(H,15,17,19). The Balaban J connectivity index is 1.73. The molecule has 0 aliphatic heterocycles. The number of carbonyl (C=O) groups is 1. The molecule has 10 heteroatoms. The number of benzene rings is 1. The number of nitro groups is 1. The molecule has 23 heavy (non-hydrogen) atoms. The fourth-order valence-electron chi connectivity index (χ4n) is 1.71. The second-order valence-corrected chi connectivity index (χ2v) is 5.99. The molecule has 3 rings (SSSR count). The molecule has 1 aromatic carbocycles. The molecular formula is C13H7ClN4O4S. The van der Waals surface area contributed by atoms with Crippen molar-refractivity contribution in [3.05, 3.63) is 56.4 Å². The minimum absolute atomic E-state index is 0.0760. The molecule has 0 saturated heterocycles. The van der Waals surface area contributed by atoms with E-state index in [0.717, 1.165) is 0 Å². The van der Waals surface area contributed by atoms with Gasteiger partial charge in [-0.05, 0) is 24.3 Å². The Labute approximate surface area is 137 Å². The summed E-state index contributed by atoms with van der Waals surface area (Å²) in [6.45, 7) is 0. The number of amides is 1. The zero-order valence-electron chi connectivity index (χ0n) is 11.2. The highest BCUT2D eigenvalue weighted by molar-refractivity contribution is 7.19. The van der Waals surface area contributed by atoms with E-state index < -0.39 is 10.8 Å². The monoisotopic (exact) mass is 350 g/mol. The third-order valence-corrected chi connectivity index (χ3v) is 3.99. The maximum Gasteiger partial charge on any atom is 0.322 e. The van der Waals surface area contributed by atoms with E-state index in [0.29, 0.717) is 9.21 Å². The van der Waals surface area contributed by atoms with Crippen LogP contribution in [-0.4, -0.2) is 21.0 Å². The number of carbonyl (C=O) groups excluding carboxylic acids is 1. The molecule has 0 spiro atoms. The van der Waals surface area contributed by atoms with Crippen LogP contribution < -0.4 is 5.32 Å². The molecule has 1 N–H and O–H groups in total. The first-order chi connectivity index (χ1) is 11.0. The van der Waals surface area contributed by atoms with Crippen molar-refractivity contribution >= 4 is 40.5 Å². The summed E-state index contributed by atoms with van der Waals surface area (Å²) >= 11 is 7.09. The Bertz CT molecular complexity index is 874. The molecule has 0 bridgehead atoms. The van der Waals surface area contributed by atoms with E-state index >= 15 is 0 Å². The number of nitrogens with one attached hydrogen (secondary N) is 1. The molecule has 1 amide bonds. The lowest BCUT2D eigenvalue weighted by atomic mass is 10.2. The maximum atomic E-state index is 12.0. The summed E-state index contributed by atoms with van der Waals surface area (Å²) in [5.41, 5.74) is 0.130. The summed E-state index contributed by atoms with van der Waals surface area (Å²) in [6, 6.07) is 8.49. The quantitative estimate of drug-likeness (QED) is 0.568. The molecule has 0 saturated carbocycles. The predicted octanol–water partition coefficient (Wildman–Crippen LogP) is 3.61. The molecule has 2 aromatic heterocycles. The molecule has 8 nitrogen and oxygen atoms in total. The lowest BCUT2D eigenvalue weighted by molar-refractivity contribution is -0.384. The van der Waals surface area contributed by atoms with E-state index in [1.54, 1.807) is 12.1 Å². The van der Waals surface area contributed by atoms with E-state index in [2.05, 4.69) is 15.5 Å². The van der Waals surface area contributed by atoms with Gasteiger partial charge < -0.3 is 4.42 Å². The van der Waals surface area contributed by atoms with Gasteiger partial charge in [-0.1, -0.05) is 16.7 Å². The molecule has 0 aliphatic rings. The number of halogens is 1. The van der Waals surface area contributed by atoms with Crippen molar-refractivity contribution in [3.8, 4) is 10.8 Å². The van der Waals surface area contributed by atoms with Crippen LogP contribution in [0.25, 0.3) is 10.8 Å². The number of hydrogen-bond donors (Lipinski definition) is 1. The Morgan fingerprint density at radius 2 is 1.96 bits per heavy atom. The summed E-state index contributed by atoms with van der Waals surface area (Å²) in [5.74, 6) is -0.278. The molecular weight excluding hydrogens is 344 g/mol. The van der Waals surface area contributed by atoms with Crippen LogP contribution in [0, 0.1) is 10.1 Å². The van der Waals surface area contributed by atoms with E-state index in [1.807, 2.05) is 0 Å². The number of rotatable bonds is 4. The van der Waals surface area contributed by atoms with Gasteiger partial charge in [0.1, 0.15) is 0 Å². The van der Waals surface area contributed by atoms with Crippen molar-refractivity contribution in [1.82, 2.24) is 10.2 Å². The summed E-state index contributed by atoms with van der Waals surface area (Å²) in [6.07, 6.45) is 0. The third-order valence-electron chi connectivity index (χ3n) is 2.77. The summed E-state index contributed by atoms with van der Waals surface area (Å²) < 4.78 is 5.90. The largest absolute Gasteiger partial charge is 0.402 e. The summed E-state index contributed by atoms with van der Waals surface area (Å²) in [7, 11) is 0. The molecule has 3 aromatic rings. The maximum absolute atomic E-state index is 12.0. The molecule has 116 valence electrons. The highest BCUT2D eigenvalue weighted by atomic mass is 35.5. The summed E-state index contributed by atoms with van der Waals surface area (Å²) in [4.78, 5) is 22.7. The van der Waals surface area contributed by atoms with Crippen LogP contribution in [0.5, 0.6) is 0 Å². The van der Waals surface area contributed by atoms with E-state index in [-0.39, 0.29) is 23.2 Å². The van der Waals surface area contributed by atoms with Gasteiger partial charge in [-0.3, -0.25) is 20.2 Å². The van der Waals surface area contributed by atoms with Gasteiger partial charge in [0.15, 0.2) is 0 Å². The Hall–Kier alpha value is -2.78. The molecule has 0 atom stereocenters. The summed E-state index contributed by atoms with van der Waals surface area (Å²) in [5, 5.41) is 20.5. The first-order valence-electron chi connectivity index (χ1n) is 6.18. The molecule has 0 unspecified atom stereocenters. The highest BCUT2D eigenvalue weighted by Crippen LogP contribution is 2.30. The Kier molecular flexibility index (Phi) is 4.04. The number of non-ortho nitro benzene ring substituents is 1. The van der Waals surface area contributed by atoms with E-state index in [4.69, 9.17) is 16.0 Å². The van der Waals surface area contributed by atoms with Gasteiger partial charge in [0.25, 0.3) is 17.5 Å². The lowest BCUT2D eigenvalue weighted by Gasteiger charge is -1.99. The number of nitrogens with zero attached hydrogens (tertiary/aromatic N) is 3. The van der Waals surface area contributed by atoms with Crippen LogP contribution in [0.15, 0.2) is 40.8 Å². The third kappa shape index (κ3) is 3.35. The molecule has 0 aliphatic carbocycles. The molecule has 2 heterocycles. The Morgan fingerprint density at radius 1 is 1.22 bits per heavy atom. The minimum Gasteiger partial charge on any atom is -0.402 e. The number of anilines is 1. The predicted molar refractivity (Wildman–Crippen MR) is 83.7 cm³/mol. The molecule has 0 radical (unpaired) electrons. The van der Waals surface area contributed by atoms with Crippen LogP contribution in [0.2, 0.25) is 4.34 Å². The first-order valence-corrected chi connectivity index (χ1v) is 7.37. The van der Waals surface area contributed by atoms with Crippen molar-refractivity contribution in [2.45, 2.75) is 0 Å². The first kappa shape index (κ1) is 15.1. The highest BCUT2D eigenvalue weighted by Gasteiger charge is 2.15. The minimum atomic E-state index is -0.544. The van der Waals surface area contributed by atoms with Crippen LogP contribution >= 0.6 is 22.9 Å². The van der Waals surface area contributed by atoms with E-state index in [9.17, 15) is 14.9 Å². The average molecular weight is 351 g/mol. The SMILES string of the molecule is O=C(Nc1nnc(-c2ccc(Cl)s2)o1)c1ccc([N+](=O)[O-])cc1. The number of aromatic nitrogens is 2. The van der Waals surface area contributed by atoms with Crippen molar-refractivity contribution in [2.24, 2.45) is 0 Å². The van der Waals surface area contributed by atoms with Crippen molar-refractivity contribution in [1.29, 1.82) is 0 Å². The fraction of sp³-hybridized carbons (Fsp3) is 0.